The summed E-state index contributed by atoms with van der Waals surface area (Å²) < 4.78 is 5.19. The molecule has 1 aromatic carbocycles. The van der Waals surface area contributed by atoms with Crippen LogP contribution in [0.1, 0.15) is 44.4 Å². The minimum absolute atomic E-state index is 0.103. The van der Waals surface area contributed by atoms with Gasteiger partial charge in [-0.25, -0.2) is 0 Å². The monoisotopic (exact) mass is 221 g/mol. The SMILES string of the molecule is COc1ccc(C(N)CC(C)(C)C)c(C)c1. The van der Waals surface area contributed by atoms with Crippen molar-refractivity contribution in [3.8, 4) is 5.75 Å². The number of aryl methyl sites for hydroxylation is 1. The Hall–Kier alpha value is -1.02. The van der Waals surface area contributed by atoms with Gasteiger partial charge in [-0.2, -0.15) is 0 Å². The van der Waals surface area contributed by atoms with Gasteiger partial charge < -0.3 is 10.5 Å². The maximum absolute atomic E-state index is 6.23. The van der Waals surface area contributed by atoms with Crippen LogP contribution in [0.25, 0.3) is 0 Å². The molecule has 0 aliphatic carbocycles. The van der Waals surface area contributed by atoms with Crippen molar-refractivity contribution in [1.82, 2.24) is 0 Å². The molecule has 0 heterocycles. The first-order valence-electron chi connectivity index (χ1n) is 5.73. The third-order valence-corrected chi connectivity index (χ3v) is 2.71. The van der Waals surface area contributed by atoms with E-state index in [0.717, 1.165) is 12.2 Å². The van der Waals surface area contributed by atoms with E-state index in [4.69, 9.17) is 10.5 Å². The molecule has 0 aliphatic heterocycles. The van der Waals surface area contributed by atoms with E-state index in [1.807, 2.05) is 12.1 Å². The molecule has 0 radical (unpaired) electrons. The first kappa shape index (κ1) is 13.0. The minimum Gasteiger partial charge on any atom is -0.497 e. The highest BCUT2D eigenvalue weighted by atomic mass is 16.5. The molecule has 0 fully saturated rings. The van der Waals surface area contributed by atoms with E-state index in [0.29, 0.717) is 0 Å². The average molecular weight is 221 g/mol. The first-order chi connectivity index (χ1) is 7.33. The predicted molar refractivity (Wildman–Crippen MR) is 68.7 cm³/mol. The highest BCUT2D eigenvalue weighted by Gasteiger charge is 2.18. The summed E-state index contributed by atoms with van der Waals surface area (Å²) >= 11 is 0. The molecule has 0 amide bonds. The second-order valence-electron chi connectivity index (χ2n) is 5.59. The highest BCUT2D eigenvalue weighted by molar-refractivity contribution is 5.36. The van der Waals surface area contributed by atoms with Crippen LogP contribution in [-0.2, 0) is 0 Å². The van der Waals surface area contributed by atoms with Crippen molar-refractivity contribution in [1.29, 1.82) is 0 Å². The van der Waals surface area contributed by atoms with Crippen molar-refractivity contribution >= 4 is 0 Å². The standard InChI is InChI=1S/C14H23NO/c1-10-8-11(16-5)6-7-12(10)13(15)9-14(2,3)4/h6-8,13H,9,15H2,1-5H3. The van der Waals surface area contributed by atoms with Crippen LogP contribution in [0.4, 0.5) is 0 Å². The van der Waals surface area contributed by atoms with Crippen LogP contribution < -0.4 is 10.5 Å². The van der Waals surface area contributed by atoms with Crippen LogP contribution in [-0.4, -0.2) is 7.11 Å². The Morgan fingerprint density at radius 2 is 1.94 bits per heavy atom. The van der Waals surface area contributed by atoms with Gasteiger partial charge in [0.15, 0.2) is 0 Å². The summed E-state index contributed by atoms with van der Waals surface area (Å²) in [5.41, 5.74) is 8.91. The molecule has 1 rings (SSSR count). The van der Waals surface area contributed by atoms with Crippen molar-refractivity contribution in [3.05, 3.63) is 29.3 Å². The van der Waals surface area contributed by atoms with Gasteiger partial charge in [0.2, 0.25) is 0 Å². The Morgan fingerprint density at radius 1 is 1.31 bits per heavy atom. The van der Waals surface area contributed by atoms with E-state index >= 15 is 0 Å². The molecule has 16 heavy (non-hydrogen) atoms. The Labute approximate surface area is 98.8 Å². The molecule has 2 nitrogen and oxygen atoms in total. The highest BCUT2D eigenvalue weighted by Crippen LogP contribution is 2.30. The second kappa shape index (κ2) is 4.88. The van der Waals surface area contributed by atoms with Crippen LogP contribution in [0.15, 0.2) is 18.2 Å². The summed E-state index contributed by atoms with van der Waals surface area (Å²) in [6.07, 6.45) is 0.986. The lowest BCUT2D eigenvalue weighted by Crippen LogP contribution is -2.19. The number of benzene rings is 1. The fraction of sp³-hybridized carbons (Fsp3) is 0.571. The molecule has 0 saturated carbocycles. The molecule has 0 aliphatic rings. The third kappa shape index (κ3) is 3.53. The van der Waals surface area contributed by atoms with Gasteiger partial charge in [0.25, 0.3) is 0 Å². The maximum Gasteiger partial charge on any atom is 0.119 e. The Bertz CT molecular complexity index is 352. The number of rotatable bonds is 3. The molecule has 2 heteroatoms. The summed E-state index contributed by atoms with van der Waals surface area (Å²) in [4.78, 5) is 0. The van der Waals surface area contributed by atoms with Crippen LogP contribution in [0.5, 0.6) is 5.75 Å². The Balaban J connectivity index is 2.88. The van der Waals surface area contributed by atoms with E-state index in [1.165, 1.54) is 11.1 Å². The third-order valence-electron chi connectivity index (χ3n) is 2.71. The fourth-order valence-electron chi connectivity index (χ4n) is 1.96. The Morgan fingerprint density at radius 3 is 2.38 bits per heavy atom. The van der Waals surface area contributed by atoms with Gasteiger partial charge in [0.05, 0.1) is 7.11 Å². The molecule has 0 saturated heterocycles. The quantitative estimate of drug-likeness (QED) is 0.848. The van der Waals surface area contributed by atoms with Gasteiger partial charge in [-0.15, -0.1) is 0 Å². The smallest absolute Gasteiger partial charge is 0.119 e. The summed E-state index contributed by atoms with van der Waals surface area (Å²) in [5.74, 6) is 0.893. The average Bonchev–Trinajstić information content (AvgIpc) is 2.14. The van der Waals surface area contributed by atoms with Crippen LogP contribution in [0, 0.1) is 12.3 Å². The van der Waals surface area contributed by atoms with Crippen molar-refractivity contribution in [2.45, 2.75) is 40.2 Å². The number of nitrogens with two attached hydrogens (primary N) is 1. The second-order valence-corrected chi connectivity index (χ2v) is 5.59. The largest absolute Gasteiger partial charge is 0.497 e. The van der Waals surface area contributed by atoms with E-state index in [-0.39, 0.29) is 11.5 Å². The maximum atomic E-state index is 6.23. The van der Waals surface area contributed by atoms with Crippen molar-refractivity contribution < 1.29 is 4.74 Å². The van der Waals surface area contributed by atoms with Gasteiger partial charge in [0, 0.05) is 6.04 Å². The normalized spacial score (nSPS) is 13.6. The van der Waals surface area contributed by atoms with Crippen molar-refractivity contribution in [3.63, 3.8) is 0 Å². The van der Waals surface area contributed by atoms with Crippen LogP contribution >= 0.6 is 0 Å². The molecule has 0 spiro atoms. The number of ether oxygens (including phenoxy) is 1. The predicted octanol–water partition coefficient (Wildman–Crippen LogP) is 3.44. The summed E-state index contributed by atoms with van der Waals surface area (Å²) in [5, 5.41) is 0. The number of hydrogen-bond donors (Lipinski definition) is 1. The van der Waals surface area contributed by atoms with E-state index < -0.39 is 0 Å². The molecule has 1 atom stereocenters. The number of hydrogen-bond acceptors (Lipinski definition) is 2. The molecular weight excluding hydrogens is 198 g/mol. The first-order valence-corrected chi connectivity index (χ1v) is 5.73. The zero-order chi connectivity index (χ0) is 12.3. The van der Waals surface area contributed by atoms with Crippen LogP contribution in [0.3, 0.4) is 0 Å². The van der Waals surface area contributed by atoms with E-state index in [9.17, 15) is 0 Å². The minimum atomic E-state index is 0.103. The van der Waals surface area contributed by atoms with Gasteiger partial charge in [0.1, 0.15) is 5.75 Å². The van der Waals surface area contributed by atoms with Gasteiger partial charge in [-0.1, -0.05) is 26.8 Å². The molecule has 0 aromatic heterocycles. The molecule has 2 N–H and O–H groups in total. The fourth-order valence-corrected chi connectivity index (χ4v) is 1.96. The van der Waals surface area contributed by atoms with Crippen molar-refractivity contribution in [2.75, 3.05) is 7.11 Å². The topological polar surface area (TPSA) is 35.2 Å². The number of methoxy groups -OCH3 is 1. The summed E-state index contributed by atoms with van der Waals surface area (Å²) in [6, 6.07) is 6.19. The zero-order valence-electron chi connectivity index (χ0n) is 11.0. The van der Waals surface area contributed by atoms with Gasteiger partial charge in [-0.3, -0.25) is 0 Å². The van der Waals surface area contributed by atoms with E-state index in [1.54, 1.807) is 7.11 Å². The molecule has 0 bridgehead atoms. The Kier molecular flexibility index (Phi) is 3.98. The molecule has 1 aromatic rings. The summed E-state index contributed by atoms with van der Waals surface area (Å²) in [7, 11) is 1.68. The summed E-state index contributed by atoms with van der Waals surface area (Å²) in [6.45, 7) is 8.73. The molecule has 90 valence electrons. The van der Waals surface area contributed by atoms with Crippen molar-refractivity contribution in [2.24, 2.45) is 11.1 Å². The lowest BCUT2D eigenvalue weighted by Gasteiger charge is -2.24. The zero-order valence-corrected chi connectivity index (χ0v) is 11.0. The van der Waals surface area contributed by atoms with Gasteiger partial charge in [-0.05, 0) is 42.0 Å². The lowest BCUT2D eigenvalue weighted by atomic mass is 9.85. The lowest BCUT2D eigenvalue weighted by molar-refractivity contribution is 0.342. The molecular formula is C14H23NO. The van der Waals surface area contributed by atoms with Gasteiger partial charge >= 0.3 is 0 Å². The van der Waals surface area contributed by atoms with E-state index in [2.05, 4.69) is 33.8 Å². The molecule has 1 unspecified atom stereocenters. The van der Waals surface area contributed by atoms with Crippen LogP contribution in [0.2, 0.25) is 0 Å².